The largest absolute Gasteiger partial charge is 0.390 e. The fraction of sp³-hybridized carbons (Fsp3) is 0.667. The number of nitrogens with one attached hydrogen (secondary N) is 1. The second-order valence-electron chi connectivity index (χ2n) is 3.34. The molecule has 3 N–H and O–H groups in total. The molecule has 0 aliphatic rings. The maximum Gasteiger partial charge on any atom is 0.108 e. The van der Waals surface area contributed by atoms with Crippen molar-refractivity contribution in [1.29, 1.82) is 0 Å². The Balaban J connectivity index is 2.82. The van der Waals surface area contributed by atoms with Gasteiger partial charge in [-0.25, -0.2) is 0 Å². The third-order valence-corrected chi connectivity index (χ3v) is 2.71. The van der Waals surface area contributed by atoms with Crippen molar-refractivity contribution < 1.29 is 10.2 Å². The molecule has 1 rings (SSSR count). The molecule has 0 spiro atoms. The summed E-state index contributed by atoms with van der Waals surface area (Å²) in [7, 11) is 0. The predicted molar refractivity (Wildman–Crippen MR) is 57.4 cm³/mol. The van der Waals surface area contributed by atoms with E-state index in [0.717, 1.165) is 11.4 Å². The van der Waals surface area contributed by atoms with Gasteiger partial charge in [0.2, 0.25) is 0 Å². The summed E-state index contributed by atoms with van der Waals surface area (Å²) in [5, 5.41) is 26.9. The molecule has 14 heavy (non-hydrogen) atoms. The Hall–Kier alpha value is -0.390. The van der Waals surface area contributed by atoms with E-state index in [1.165, 1.54) is 0 Å². The number of aryl methyl sites for hydroxylation is 2. The molecule has 1 aromatic rings. The van der Waals surface area contributed by atoms with Crippen LogP contribution in [0.2, 0.25) is 0 Å². The van der Waals surface area contributed by atoms with Crippen molar-refractivity contribution in [3.05, 3.63) is 17.0 Å². The van der Waals surface area contributed by atoms with E-state index in [4.69, 9.17) is 0 Å². The molecule has 4 nitrogen and oxygen atoms in total. The second-order valence-corrected chi connectivity index (χ2v) is 4.13. The third kappa shape index (κ3) is 2.34. The lowest BCUT2D eigenvalue weighted by atomic mass is 10.0. The highest BCUT2D eigenvalue weighted by Crippen LogP contribution is 2.24. The lowest BCUT2D eigenvalue weighted by Gasteiger charge is -2.17. The van der Waals surface area contributed by atoms with Gasteiger partial charge in [0.15, 0.2) is 0 Å². The molecule has 0 radical (unpaired) electrons. The van der Waals surface area contributed by atoms with Crippen molar-refractivity contribution in [2.24, 2.45) is 0 Å². The van der Waals surface area contributed by atoms with Crippen LogP contribution in [0.1, 0.15) is 29.5 Å². The van der Waals surface area contributed by atoms with E-state index >= 15 is 0 Å². The normalized spacial score (nSPS) is 15.5. The Morgan fingerprint density at radius 1 is 1.43 bits per heavy atom. The lowest BCUT2D eigenvalue weighted by Crippen LogP contribution is -2.19. The first-order valence-electron chi connectivity index (χ1n) is 4.51. The lowest BCUT2D eigenvalue weighted by molar-refractivity contribution is 0.0166. The zero-order valence-electron chi connectivity index (χ0n) is 8.29. The summed E-state index contributed by atoms with van der Waals surface area (Å²) >= 11 is 3.22. The number of aromatic amines is 1. The number of halogens is 1. The summed E-state index contributed by atoms with van der Waals surface area (Å²) in [4.78, 5) is 0. The van der Waals surface area contributed by atoms with Crippen LogP contribution in [0.5, 0.6) is 0 Å². The number of nitrogens with zero attached hydrogens (tertiary/aromatic N) is 1. The Bertz CT molecular complexity index is 282. The number of rotatable bonds is 4. The number of aliphatic hydroxyl groups is 2. The van der Waals surface area contributed by atoms with Crippen LogP contribution in [0.15, 0.2) is 0 Å². The Labute approximate surface area is 91.5 Å². The highest BCUT2D eigenvalue weighted by Gasteiger charge is 2.22. The van der Waals surface area contributed by atoms with Gasteiger partial charge in [-0.1, -0.05) is 15.9 Å². The first-order chi connectivity index (χ1) is 6.57. The van der Waals surface area contributed by atoms with Gasteiger partial charge >= 0.3 is 0 Å². The molecule has 1 heterocycles. The summed E-state index contributed by atoms with van der Waals surface area (Å²) in [5.41, 5.74) is 2.26. The monoisotopic (exact) mass is 262 g/mol. The standard InChI is InChI=1S/C9H15BrN2O2/c1-5-8(6(2)12-11-5)9(14)7(13)3-4-10/h7,9,13-14H,3-4H2,1-2H3,(H,11,12). The van der Waals surface area contributed by atoms with Gasteiger partial charge in [-0.3, -0.25) is 5.10 Å². The van der Waals surface area contributed by atoms with Crippen molar-refractivity contribution in [1.82, 2.24) is 10.2 Å². The van der Waals surface area contributed by atoms with Crippen LogP contribution < -0.4 is 0 Å². The highest BCUT2D eigenvalue weighted by molar-refractivity contribution is 9.09. The number of aromatic nitrogens is 2. The van der Waals surface area contributed by atoms with Gasteiger partial charge in [-0.2, -0.15) is 5.10 Å². The van der Waals surface area contributed by atoms with Gasteiger partial charge < -0.3 is 10.2 Å². The van der Waals surface area contributed by atoms with Crippen molar-refractivity contribution in [2.45, 2.75) is 32.5 Å². The van der Waals surface area contributed by atoms with E-state index in [2.05, 4.69) is 26.1 Å². The van der Waals surface area contributed by atoms with E-state index in [1.807, 2.05) is 13.8 Å². The minimum atomic E-state index is -0.855. The quantitative estimate of drug-likeness (QED) is 0.715. The van der Waals surface area contributed by atoms with E-state index in [1.54, 1.807) is 0 Å². The summed E-state index contributed by atoms with van der Waals surface area (Å²) in [5.74, 6) is 0. The molecule has 1 aromatic heterocycles. The maximum atomic E-state index is 9.84. The number of hydrogen-bond acceptors (Lipinski definition) is 3. The summed E-state index contributed by atoms with van der Waals surface area (Å²) in [6.07, 6.45) is -1.08. The smallest absolute Gasteiger partial charge is 0.108 e. The van der Waals surface area contributed by atoms with Gasteiger partial charge in [0, 0.05) is 16.6 Å². The summed E-state index contributed by atoms with van der Waals surface area (Å²) in [6, 6.07) is 0. The van der Waals surface area contributed by atoms with Crippen molar-refractivity contribution in [3.63, 3.8) is 0 Å². The van der Waals surface area contributed by atoms with Gasteiger partial charge in [-0.15, -0.1) is 0 Å². The average molecular weight is 263 g/mol. The van der Waals surface area contributed by atoms with Crippen LogP contribution in [0.25, 0.3) is 0 Å². The number of hydrogen-bond donors (Lipinski definition) is 3. The van der Waals surface area contributed by atoms with E-state index in [9.17, 15) is 10.2 Å². The van der Waals surface area contributed by atoms with Crippen molar-refractivity contribution in [3.8, 4) is 0 Å². The van der Waals surface area contributed by atoms with Gasteiger partial charge in [0.1, 0.15) is 6.10 Å². The van der Waals surface area contributed by atoms with Crippen molar-refractivity contribution in [2.75, 3.05) is 5.33 Å². The van der Waals surface area contributed by atoms with Crippen LogP contribution in [-0.2, 0) is 0 Å². The minimum Gasteiger partial charge on any atom is -0.390 e. The number of alkyl halides is 1. The molecular weight excluding hydrogens is 248 g/mol. The maximum absolute atomic E-state index is 9.84. The van der Waals surface area contributed by atoms with Crippen LogP contribution in [0.4, 0.5) is 0 Å². The molecular formula is C9H15BrN2O2. The SMILES string of the molecule is Cc1n[nH]c(C)c1C(O)C(O)CCBr. The number of H-pyrrole nitrogens is 1. The molecule has 0 aliphatic heterocycles. The second kappa shape index (κ2) is 4.91. The molecule has 0 saturated heterocycles. The predicted octanol–water partition coefficient (Wildman–Crippen LogP) is 1.21. The van der Waals surface area contributed by atoms with Gasteiger partial charge in [-0.05, 0) is 20.3 Å². The summed E-state index contributed by atoms with van der Waals surface area (Å²) < 4.78 is 0. The van der Waals surface area contributed by atoms with E-state index < -0.39 is 12.2 Å². The Morgan fingerprint density at radius 2 is 2.07 bits per heavy atom. The van der Waals surface area contributed by atoms with E-state index in [0.29, 0.717) is 17.3 Å². The van der Waals surface area contributed by atoms with Crippen LogP contribution in [0, 0.1) is 13.8 Å². The minimum absolute atomic E-state index is 0.519. The first kappa shape index (κ1) is 11.7. The molecule has 2 atom stereocenters. The first-order valence-corrected chi connectivity index (χ1v) is 5.63. The molecule has 5 heteroatoms. The van der Waals surface area contributed by atoms with E-state index in [-0.39, 0.29) is 0 Å². The molecule has 0 bridgehead atoms. The fourth-order valence-corrected chi connectivity index (χ4v) is 1.93. The third-order valence-electron chi connectivity index (χ3n) is 2.25. The van der Waals surface area contributed by atoms with Crippen LogP contribution in [-0.4, -0.2) is 31.8 Å². The van der Waals surface area contributed by atoms with Crippen molar-refractivity contribution >= 4 is 15.9 Å². The molecule has 80 valence electrons. The zero-order chi connectivity index (χ0) is 10.7. The molecule has 0 aromatic carbocycles. The average Bonchev–Trinajstić information content (AvgIpc) is 2.46. The van der Waals surface area contributed by atoms with Crippen LogP contribution in [0.3, 0.4) is 0 Å². The number of aliphatic hydroxyl groups excluding tert-OH is 2. The molecule has 0 amide bonds. The molecule has 0 aliphatic carbocycles. The molecule has 0 saturated carbocycles. The molecule has 2 unspecified atom stereocenters. The van der Waals surface area contributed by atoms with Gasteiger partial charge in [0.25, 0.3) is 0 Å². The Kier molecular flexibility index (Phi) is 4.10. The molecule has 0 fully saturated rings. The fourth-order valence-electron chi connectivity index (χ4n) is 1.46. The Morgan fingerprint density at radius 3 is 2.50 bits per heavy atom. The highest BCUT2D eigenvalue weighted by atomic mass is 79.9. The van der Waals surface area contributed by atoms with Gasteiger partial charge in [0.05, 0.1) is 11.8 Å². The topological polar surface area (TPSA) is 69.1 Å². The van der Waals surface area contributed by atoms with Crippen LogP contribution >= 0.6 is 15.9 Å². The summed E-state index contributed by atoms with van der Waals surface area (Å²) in [6.45, 7) is 3.64. The zero-order valence-corrected chi connectivity index (χ0v) is 9.87.